The van der Waals surface area contributed by atoms with Gasteiger partial charge in [0, 0.05) is 24.1 Å². The molecule has 1 amide bonds. The number of carboxylic acids is 1. The van der Waals surface area contributed by atoms with E-state index in [9.17, 15) is 9.59 Å². The van der Waals surface area contributed by atoms with Crippen molar-refractivity contribution in [2.75, 3.05) is 13.2 Å². The molecule has 19 heavy (non-hydrogen) atoms. The standard InChI is InChI=1S/C13H17NO4S/c1-2-18-10(8-13(16)17)9-14-12(15)6-5-11-4-3-7-19-11/h3-7,10H,2,8-9H2,1H3,(H,14,15)(H,16,17)/b6-5+. The molecule has 0 aromatic carbocycles. The first-order valence-corrected chi connectivity index (χ1v) is 6.82. The van der Waals surface area contributed by atoms with Gasteiger partial charge in [-0.2, -0.15) is 0 Å². The first kappa shape index (κ1) is 15.4. The van der Waals surface area contributed by atoms with Crippen molar-refractivity contribution < 1.29 is 19.4 Å². The number of hydrogen-bond acceptors (Lipinski definition) is 4. The number of rotatable bonds is 8. The van der Waals surface area contributed by atoms with Gasteiger partial charge >= 0.3 is 5.97 Å². The highest BCUT2D eigenvalue weighted by molar-refractivity contribution is 7.10. The molecule has 1 unspecified atom stereocenters. The fourth-order valence-corrected chi connectivity index (χ4v) is 2.06. The third kappa shape index (κ3) is 6.73. The Balaban J connectivity index is 2.36. The molecule has 0 spiro atoms. The second-order valence-electron chi connectivity index (χ2n) is 3.77. The predicted molar refractivity (Wildman–Crippen MR) is 74.0 cm³/mol. The molecule has 6 heteroatoms. The maximum Gasteiger partial charge on any atom is 0.306 e. The minimum absolute atomic E-state index is 0.122. The van der Waals surface area contributed by atoms with Crippen LogP contribution in [-0.2, 0) is 14.3 Å². The summed E-state index contributed by atoms with van der Waals surface area (Å²) in [7, 11) is 0. The fourth-order valence-electron chi connectivity index (χ4n) is 1.44. The van der Waals surface area contributed by atoms with Crippen LogP contribution >= 0.6 is 11.3 Å². The van der Waals surface area contributed by atoms with Crippen molar-refractivity contribution in [1.82, 2.24) is 5.32 Å². The Hall–Kier alpha value is -1.66. The van der Waals surface area contributed by atoms with Gasteiger partial charge in [0.25, 0.3) is 0 Å². The summed E-state index contributed by atoms with van der Waals surface area (Å²) in [6.07, 6.45) is 2.52. The van der Waals surface area contributed by atoms with E-state index < -0.39 is 12.1 Å². The minimum atomic E-state index is -0.943. The van der Waals surface area contributed by atoms with E-state index in [4.69, 9.17) is 9.84 Å². The molecule has 5 nitrogen and oxygen atoms in total. The summed E-state index contributed by atoms with van der Waals surface area (Å²) >= 11 is 1.54. The van der Waals surface area contributed by atoms with Gasteiger partial charge in [0.15, 0.2) is 0 Å². The number of carboxylic acid groups (broad SMARTS) is 1. The van der Waals surface area contributed by atoms with Crippen LogP contribution in [-0.4, -0.2) is 36.2 Å². The van der Waals surface area contributed by atoms with Crippen molar-refractivity contribution in [3.8, 4) is 0 Å². The number of amides is 1. The Morgan fingerprint density at radius 2 is 2.37 bits per heavy atom. The van der Waals surface area contributed by atoms with Crippen LogP contribution in [0.1, 0.15) is 18.2 Å². The molecule has 0 bridgehead atoms. The van der Waals surface area contributed by atoms with Crippen LogP contribution in [0.4, 0.5) is 0 Å². The lowest BCUT2D eigenvalue weighted by Gasteiger charge is -2.14. The third-order valence-electron chi connectivity index (χ3n) is 2.25. The zero-order valence-corrected chi connectivity index (χ0v) is 11.5. The van der Waals surface area contributed by atoms with Crippen molar-refractivity contribution in [3.63, 3.8) is 0 Å². The Morgan fingerprint density at radius 3 is 2.95 bits per heavy atom. The maximum absolute atomic E-state index is 11.5. The molecule has 0 radical (unpaired) electrons. The summed E-state index contributed by atoms with van der Waals surface area (Å²) in [6, 6.07) is 3.81. The van der Waals surface area contributed by atoms with Gasteiger partial charge in [0.2, 0.25) is 5.91 Å². The summed E-state index contributed by atoms with van der Waals surface area (Å²) in [5.41, 5.74) is 0. The van der Waals surface area contributed by atoms with E-state index in [1.807, 2.05) is 17.5 Å². The van der Waals surface area contributed by atoms with E-state index in [-0.39, 0.29) is 18.9 Å². The smallest absolute Gasteiger partial charge is 0.306 e. The van der Waals surface area contributed by atoms with Gasteiger partial charge in [0.05, 0.1) is 12.5 Å². The van der Waals surface area contributed by atoms with Crippen LogP contribution in [0.5, 0.6) is 0 Å². The van der Waals surface area contributed by atoms with Crippen molar-refractivity contribution in [2.45, 2.75) is 19.4 Å². The van der Waals surface area contributed by atoms with E-state index in [2.05, 4.69) is 5.32 Å². The first-order chi connectivity index (χ1) is 9.11. The lowest BCUT2D eigenvalue weighted by molar-refractivity contribution is -0.140. The Bertz CT molecular complexity index is 428. The highest BCUT2D eigenvalue weighted by Gasteiger charge is 2.13. The van der Waals surface area contributed by atoms with Crippen molar-refractivity contribution in [1.29, 1.82) is 0 Å². The molecular formula is C13H17NO4S. The minimum Gasteiger partial charge on any atom is -0.481 e. The molecule has 0 aliphatic heterocycles. The van der Waals surface area contributed by atoms with E-state index in [1.54, 1.807) is 13.0 Å². The van der Waals surface area contributed by atoms with Gasteiger partial charge in [0.1, 0.15) is 0 Å². The molecule has 1 aromatic rings. The molecule has 1 heterocycles. The number of hydrogen-bond donors (Lipinski definition) is 2. The molecule has 0 fully saturated rings. The van der Waals surface area contributed by atoms with Gasteiger partial charge in [-0.3, -0.25) is 9.59 Å². The molecule has 0 saturated carbocycles. The summed E-state index contributed by atoms with van der Waals surface area (Å²) < 4.78 is 5.24. The van der Waals surface area contributed by atoms with Crippen LogP contribution < -0.4 is 5.32 Å². The summed E-state index contributed by atoms with van der Waals surface area (Å²) in [5.74, 6) is -1.20. The zero-order chi connectivity index (χ0) is 14.1. The number of carbonyl (C=O) groups is 2. The monoisotopic (exact) mass is 283 g/mol. The van der Waals surface area contributed by atoms with Crippen molar-refractivity contribution in [3.05, 3.63) is 28.5 Å². The van der Waals surface area contributed by atoms with Gasteiger partial charge in [-0.1, -0.05) is 6.07 Å². The SMILES string of the molecule is CCOC(CNC(=O)/C=C/c1cccs1)CC(=O)O. The Labute approximate surface area is 115 Å². The average Bonchev–Trinajstić information content (AvgIpc) is 2.86. The largest absolute Gasteiger partial charge is 0.481 e. The number of aliphatic carboxylic acids is 1. The Kier molecular flexibility index (Phi) is 6.84. The van der Waals surface area contributed by atoms with E-state index in [1.165, 1.54) is 17.4 Å². The third-order valence-corrected chi connectivity index (χ3v) is 3.09. The van der Waals surface area contributed by atoms with Crippen LogP contribution in [0.25, 0.3) is 6.08 Å². The number of ether oxygens (including phenoxy) is 1. The van der Waals surface area contributed by atoms with Gasteiger partial charge in [-0.25, -0.2) is 0 Å². The molecule has 0 aliphatic carbocycles. The van der Waals surface area contributed by atoms with Crippen LogP contribution in [0.15, 0.2) is 23.6 Å². The molecule has 0 saturated heterocycles. The van der Waals surface area contributed by atoms with Gasteiger partial charge in [-0.05, 0) is 24.4 Å². The average molecular weight is 283 g/mol. The molecule has 1 atom stereocenters. The molecule has 1 aromatic heterocycles. The summed E-state index contributed by atoms with van der Waals surface area (Å²) in [6.45, 7) is 2.39. The second-order valence-corrected chi connectivity index (χ2v) is 4.75. The second kappa shape index (κ2) is 8.44. The van der Waals surface area contributed by atoms with E-state index in [0.29, 0.717) is 6.61 Å². The summed E-state index contributed by atoms with van der Waals surface area (Å²) in [4.78, 5) is 23.1. The van der Waals surface area contributed by atoms with Gasteiger partial charge in [-0.15, -0.1) is 11.3 Å². The number of nitrogens with one attached hydrogen (secondary N) is 1. The first-order valence-electron chi connectivity index (χ1n) is 5.94. The molecule has 2 N–H and O–H groups in total. The highest BCUT2D eigenvalue weighted by atomic mass is 32.1. The van der Waals surface area contributed by atoms with Crippen molar-refractivity contribution in [2.24, 2.45) is 0 Å². The molecule has 0 aliphatic rings. The van der Waals surface area contributed by atoms with Crippen LogP contribution in [0.2, 0.25) is 0 Å². The number of carbonyl (C=O) groups excluding carboxylic acids is 1. The van der Waals surface area contributed by atoms with Crippen molar-refractivity contribution >= 4 is 29.3 Å². The van der Waals surface area contributed by atoms with E-state index >= 15 is 0 Å². The van der Waals surface area contributed by atoms with Gasteiger partial charge < -0.3 is 15.2 Å². The summed E-state index contributed by atoms with van der Waals surface area (Å²) in [5, 5.41) is 13.3. The normalized spacial score (nSPS) is 12.5. The molecule has 104 valence electrons. The topological polar surface area (TPSA) is 75.6 Å². The van der Waals surface area contributed by atoms with Crippen LogP contribution in [0, 0.1) is 0 Å². The Morgan fingerprint density at radius 1 is 1.58 bits per heavy atom. The maximum atomic E-state index is 11.5. The number of thiophene rings is 1. The quantitative estimate of drug-likeness (QED) is 0.713. The lowest BCUT2D eigenvalue weighted by atomic mass is 10.2. The highest BCUT2D eigenvalue weighted by Crippen LogP contribution is 2.09. The molecule has 1 rings (SSSR count). The molecular weight excluding hydrogens is 266 g/mol. The fraction of sp³-hybridized carbons (Fsp3) is 0.385. The van der Waals surface area contributed by atoms with Crippen LogP contribution in [0.3, 0.4) is 0 Å². The van der Waals surface area contributed by atoms with E-state index in [0.717, 1.165) is 4.88 Å². The zero-order valence-electron chi connectivity index (χ0n) is 10.7. The predicted octanol–water partition coefficient (Wildman–Crippen LogP) is 1.76. The lowest BCUT2D eigenvalue weighted by Crippen LogP contribution is -2.34.